The molecule has 0 spiro atoms. The lowest BCUT2D eigenvalue weighted by atomic mass is 9.87. The van der Waals surface area contributed by atoms with Crippen molar-refractivity contribution in [2.45, 2.75) is 45.6 Å². The number of rotatable bonds is 5. The lowest BCUT2D eigenvalue weighted by Crippen LogP contribution is -2.41. The van der Waals surface area contributed by atoms with E-state index in [1.54, 1.807) is 43.3 Å². The molecule has 3 rings (SSSR count). The molecule has 0 bridgehead atoms. The Labute approximate surface area is 182 Å². The molecule has 1 aliphatic rings. The van der Waals surface area contributed by atoms with Gasteiger partial charge in [-0.05, 0) is 42.2 Å². The number of hydrogen-bond donors (Lipinski definition) is 1. The highest BCUT2D eigenvalue weighted by molar-refractivity contribution is 6.05. The van der Waals surface area contributed by atoms with Gasteiger partial charge in [-0.15, -0.1) is 0 Å². The van der Waals surface area contributed by atoms with Crippen molar-refractivity contribution in [1.29, 1.82) is 0 Å². The third-order valence-corrected chi connectivity index (χ3v) is 5.06. The van der Waals surface area contributed by atoms with Crippen LogP contribution in [0.1, 0.15) is 39.7 Å². The first kappa shape index (κ1) is 22.3. The molecular weight excluding hydrogens is 396 g/mol. The van der Waals surface area contributed by atoms with Crippen molar-refractivity contribution >= 4 is 29.2 Å². The first-order chi connectivity index (χ1) is 14.6. The quantitative estimate of drug-likeness (QED) is 0.741. The number of carbonyl (C=O) groups is 3. The minimum Gasteiger partial charge on any atom is -0.482 e. The van der Waals surface area contributed by atoms with Gasteiger partial charge in [-0.1, -0.05) is 45.0 Å². The van der Waals surface area contributed by atoms with Gasteiger partial charge < -0.3 is 19.7 Å². The minimum atomic E-state index is -0.641. The minimum absolute atomic E-state index is 0.0288. The Bertz CT molecular complexity index is 963. The Hall–Kier alpha value is -3.35. The van der Waals surface area contributed by atoms with Crippen molar-refractivity contribution in [1.82, 2.24) is 0 Å². The highest BCUT2D eigenvalue weighted by Gasteiger charge is 2.30. The maximum absolute atomic E-state index is 12.8. The number of nitrogens with one attached hydrogen (secondary N) is 1. The van der Waals surface area contributed by atoms with E-state index in [-0.39, 0.29) is 30.4 Å². The Morgan fingerprint density at radius 3 is 2.42 bits per heavy atom. The molecule has 2 aromatic rings. The lowest BCUT2D eigenvalue weighted by molar-refractivity contribution is -0.149. The molecule has 0 aromatic heterocycles. The van der Waals surface area contributed by atoms with Crippen LogP contribution >= 0.6 is 0 Å². The van der Waals surface area contributed by atoms with Crippen LogP contribution in [0.3, 0.4) is 0 Å². The Morgan fingerprint density at radius 2 is 1.74 bits per heavy atom. The number of esters is 1. The normalized spacial score (nSPS) is 16.1. The molecule has 0 radical (unpaired) electrons. The number of ether oxygens (including phenoxy) is 2. The number of nitrogens with zero attached hydrogens (tertiary/aromatic N) is 1. The zero-order valence-electron chi connectivity index (χ0n) is 18.3. The van der Waals surface area contributed by atoms with E-state index in [1.807, 2.05) is 12.1 Å². The van der Waals surface area contributed by atoms with Crippen molar-refractivity contribution < 1.29 is 23.9 Å². The first-order valence-electron chi connectivity index (χ1n) is 10.2. The fourth-order valence-corrected chi connectivity index (χ4v) is 3.41. The summed E-state index contributed by atoms with van der Waals surface area (Å²) in [6, 6.07) is 14.2. The van der Waals surface area contributed by atoms with E-state index in [9.17, 15) is 14.4 Å². The fraction of sp³-hybridized carbons (Fsp3) is 0.375. The van der Waals surface area contributed by atoms with Crippen LogP contribution in [0.15, 0.2) is 48.5 Å². The third-order valence-electron chi connectivity index (χ3n) is 5.06. The average molecular weight is 424 g/mol. The average Bonchev–Trinajstić information content (AvgIpc) is 2.84. The summed E-state index contributed by atoms with van der Waals surface area (Å²) >= 11 is 0. The van der Waals surface area contributed by atoms with Crippen LogP contribution in [-0.4, -0.2) is 37.0 Å². The molecule has 0 aliphatic carbocycles. The summed E-state index contributed by atoms with van der Waals surface area (Å²) in [7, 11) is 0. The molecule has 7 nitrogen and oxygen atoms in total. The van der Waals surface area contributed by atoms with Gasteiger partial charge in [0.25, 0.3) is 5.91 Å². The summed E-state index contributed by atoms with van der Waals surface area (Å²) in [5.41, 5.74) is 2.32. The molecule has 1 aliphatic heterocycles. The van der Waals surface area contributed by atoms with Crippen LogP contribution in [0.4, 0.5) is 11.4 Å². The molecule has 31 heavy (non-hydrogen) atoms. The molecule has 0 saturated carbocycles. The van der Waals surface area contributed by atoms with Crippen molar-refractivity contribution in [3.63, 3.8) is 0 Å². The second-order valence-corrected chi connectivity index (χ2v) is 8.61. The summed E-state index contributed by atoms with van der Waals surface area (Å²) in [6.07, 6.45) is 0.155. The van der Waals surface area contributed by atoms with Crippen molar-refractivity contribution in [2.24, 2.45) is 0 Å². The van der Waals surface area contributed by atoms with Crippen LogP contribution in [0.2, 0.25) is 0 Å². The van der Waals surface area contributed by atoms with Gasteiger partial charge in [0.15, 0.2) is 13.2 Å². The predicted molar refractivity (Wildman–Crippen MR) is 118 cm³/mol. The lowest BCUT2D eigenvalue weighted by Gasteiger charge is -2.27. The SMILES string of the molecule is C[C@H]1CC(=O)Nc2ccccc2N1C(=O)COC(=O)COc1ccc(C(C)(C)C)cc1. The Morgan fingerprint density at radius 1 is 1.06 bits per heavy atom. The topological polar surface area (TPSA) is 84.9 Å². The molecule has 1 atom stereocenters. The van der Waals surface area contributed by atoms with E-state index < -0.39 is 18.5 Å². The monoisotopic (exact) mass is 424 g/mol. The van der Waals surface area contributed by atoms with Gasteiger partial charge in [0.2, 0.25) is 5.91 Å². The predicted octanol–water partition coefficient (Wildman–Crippen LogP) is 3.67. The first-order valence-corrected chi connectivity index (χ1v) is 10.2. The number of benzene rings is 2. The molecule has 0 fully saturated rings. The van der Waals surface area contributed by atoms with E-state index in [1.165, 1.54) is 4.90 Å². The van der Waals surface area contributed by atoms with Gasteiger partial charge in [0, 0.05) is 12.5 Å². The maximum atomic E-state index is 12.8. The van der Waals surface area contributed by atoms with Gasteiger partial charge in [0.1, 0.15) is 5.75 Å². The third kappa shape index (κ3) is 5.63. The molecule has 2 aromatic carbocycles. The fourth-order valence-electron chi connectivity index (χ4n) is 3.41. The van der Waals surface area contributed by atoms with Crippen molar-refractivity contribution in [3.05, 3.63) is 54.1 Å². The van der Waals surface area contributed by atoms with Crippen LogP contribution in [0, 0.1) is 0 Å². The summed E-state index contributed by atoms with van der Waals surface area (Å²) in [6.45, 7) is 7.41. The van der Waals surface area contributed by atoms with E-state index in [4.69, 9.17) is 9.47 Å². The number of para-hydroxylation sites is 2. The number of carbonyl (C=O) groups excluding carboxylic acids is 3. The molecule has 1 heterocycles. The molecule has 7 heteroatoms. The summed E-state index contributed by atoms with van der Waals surface area (Å²) in [5, 5.41) is 2.79. The van der Waals surface area contributed by atoms with Gasteiger partial charge in [-0.2, -0.15) is 0 Å². The van der Waals surface area contributed by atoms with E-state index in [0.29, 0.717) is 17.1 Å². The highest BCUT2D eigenvalue weighted by atomic mass is 16.6. The van der Waals surface area contributed by atoms with E-state index >= 15 is 0 Å². The summed E-state index contributed by atoms with van der Waals surface area (Å²) in [5.74, 6) is -0.661. The van der Waals surface area contributed by atoms with Gasteiger partial charge >= 0.3 is 5.97 Å². The van der Waals surface area contributed by atoms with Crippen molar-refractivity contribution in [2.75, 3.05) is 23.4 Å². The zero-order valence-corrected chi connectivity index (χ0v) is 18.3. The van der Waals surface area contributed by atoms with Crippen LogP contribution in [0.5, 0.6) is 5.75 Å². The Balaban J connectivity index is 1.56. The molecule has 0 unspecified atom stereocenters. The standard InChI is InChI=1S/C24H28N2O5/c1-16-13-21(27)25-19-7-5-6-8-20(19)26(16)22(28)14-31-23(29)15-30-18-11-9-17(10-12-18)24(2,3)4/h5-12,16H,13-15H2,1-4H3,(H,25,27)/t16-/m0/s1. The second-order valence-electron chi connectivity index (χ2n) is 8.61. The van der Waals surface area contributed by atoms with E-state index in [0.717, 1.165) is 5.56 Å². The van der Waals surface area contributed by atoms with Crippen LogP contribution < -0.4 is 15.0 Å². The van der Waals surface area contributed by atoms with Crippen LogP contribution in [0.25, 0.3) is 0 Å². The van der Waals surface area contributed by atoms with Crippen molar-refractivity contribution in [3.8, 4) is 5.75 Å². The number of fused-ring (bicyclic) bond motifs is 1. The smallest absolute Gasteiger partial charge is 0.344 e. The molecular formula is C24H28N2O5. The maximum Gasteiger partial charge on any atom is 0.344 e. The van der Waals surface area contributed by atoms with Gasteiger partial charge in [-0.3, -0.25) is 9.59 Å². The number of amides is 2. The van der Waals surface area contributed by atoms with E-state index in [2.05, 4.69) is 26.1 Å². The number of hydrogen-bond acceptors (Lipinski definition) is 5. The van der Waals surface area contributed by atoms with Gasteiger partial charge in [0.05, 0.1) is 11.4 Å². The second kappa shape index (κ2) is 9.20. The molecule has 0 saturated heterocycles. The summed E-state index contributed by atoms with van der Waals surface area (Å²) in [4.78, 5) is 38.4. The summed E-state index contributed by atoms with van der Waals surface area (Å²) < 4.78 is 10.6. The molecule has 1 N–H and O–H groups in total. The van der Waals surface area contributed by atoms with Gasteiger partial charge in [-0.25, -0.2) is 4.79 Å². The zero-order chi connectivity index (χ0) is 22.6. The Kier molecular flexibility index (Phi) is 6.63. The molecule has 2 amide bonds. The molecule has 164 valence electrons. The largest absolute Gasteiger partial charge is 0.482 e. The highest BCUT2D eigenvalue weighted by Crippen LogP contribution is 2.31. The number of anilines is 2. The van der Waals surface area contributed by atoms with Crippen LogP contribution in [-0.2, 0) is 24.5 Å².